The third-order valence-electron chi connectivity index (χ3n) is 14.3. The molecule has 11 rings (SSSR count). The van der Waals surface area contributed by atoms with Gasteiger partial charge in [-0.1, -0.05) is 135 Å². The van der Waals surface area contributed by atoms with Gasteiger partial charge < -0.3 is 4.40 Å². The molecule has 4 aliphatic carbocycles. The van der Waals surface area contributed by atoms with E-state index in [0.717, 1.165) is 17.5 Å². The van der Waals surface area contributed by atoms with Gasteiger partial charge in [-0.3, -0.25) is 4.98 Å². The van der Waals surface area contributed by atoms with Gasteiger partial charge in [0.2, 0.25) is 0 Å². The third kappa shape index (κ3) is 3.59. The van der Waals surface area contributed by atoms with Crippen LogP contribution in [0.3, 0.4) is 0 Å². The summed E-state index contributed by atoms with van der Waals surface area (Å²) in [4.78, 5) is 5.34. The van der Waals surface area contributed by atoms with Crippen LogP contribution in [0.4, 0.5) is 0 Å². The second kappa shape index (κ2) is 10.1. The lowest BCUT2D eigenvalue weighted by Gasteiger charge is -2.44. The van der Waals surface area contributed by atoms with E-state index in [2.05, 4.69) is 153 Å². The van der Waals surface area contributed by atoms with Crippen LogP contribution < -0.4 is 5.19 Å². The molecule has 4 aliphatic rings. The number of hydrogen-bond donors (Lipinski definition) is 0. The molecule has 0 aliphatic heterocycles. The van der Waals surface area contributed by atoms with Crippen molar-refractivity contribution in [1.29, 1.82) is 5.26 Å². The first kappa shape index (κ1) is 32.2. The zero-order chi connectivity index (χ0) is 36.4. The Morgan fingerprint density at radius 3 is 1.75 bits per heavy atom. The summed E-state index contributed by atoms with van der Waals surface area (Å²) in [6, 6.07) is 28.4. The van der Waals surface area contributed by atoms with Crippen molar-refractivity contribution >= 4 is 51.4 Å². The van der Waals surface area contributed by atoms with Crippen LogP contribution in [0, 0.1) is 11.3 Å². The van der Waals surface area contributed by atoms with Crippen LogP contribution in [0.2, 0.25) is 16.6 Å². The molecule has 0 unspecified atom stereocenters. The summed E-state index contributed by atoms with van der Waals surface area (Å²) in [6.07, 6.45) is 3.25. The van der Waals surface area contributed by atoms with Gasteiger partial charge in [0.05, 0.1) is 48.1 Å². The minimum absolute atomic E-state index is 0.00326. The summed E-state index contributed by atoms with van der Waals surface area (Å²) in [6.45, 7) is 24.6. The van der Waals surface area contributed by atoms with Crippen LogP contribution in [0.15, 0.2) is 72.9 Å². The highest BCUT2D eigenvalue weighted by Gasteiger charge is 2.49. The maximum absolute atomic E-state index is 11.0. The van der Waals surface area contributed by atoms with E-state index in [9.17, 15) is 5.26 Å². The van der Waals surface area contributed by atoms with Crippen LogP contribution in [0.25, 0.3) is 38.1 Å². The number of benzene rings is 4. The molecular formula is C48H49N3Si. The van der Waals surface area contributed by atoms with Gasteiger partial charge in [0, 0.05) is 38.8 Å². The van der Waals surface area contributed by atoms with Gasteiger partial charge in [-0.05, 0) is 73.5 Å². The Morgan fingerprint density at radius 1 is 0.712 bits per heavy atom. The van der Waals surface area contributed by atoms with Crippen LogP contribution in [-0.4, -0.2) is 17.5 Å². The Labute approximate surface area is 309 Å². The molecular weight excluding hydrogens is 647 g/mol. The highest BCUT2D eigenvalue weighted by atomic mass is 28.3. The Hall–Kier alpha value is -4.46. The molecule has 3 heterocycles. The predicted molar refractivity (Wildman–Crippen MR) is 220 cm³/mol. The highest BCUT2D eigenvalue weighted by Crippen LogP contribution is 2.60. The average Bonchev–Trinajstić information content (AvgIpc) is 3.67. The van der Waals surface area contributed by atoms with Crippen LogP contribution >= 0.6 is 0 Å². The SMILES string of the molecule is CC(C)[Si](c1cc2c3c4c(c(C#N)cc3n3c5cnc6c(c5c(c1)c23)C(C)(C)CC6(C)C)C1c2ccccc2C4c2ccccc21)(C(C)C)C(C)C. The second-order valence-electron chi connectivity index (χ2n) is 18.7. The maximum atomic E-state index is 11.0. The smallest absolute Gasteiger partial charge is 0.0995 e. The van der Waals surface area contributed by atoms with Gasteiger partial charge in [-0.15, -0.1) is 0 Å². The molecule has 4 aromatic carbocycles. The first-order valence-corrected chi connectivity index (χ1v) is 21.8. The summed E-state index contributed by atoms with van der Waals surface area (Å²) in [5.41, 5.74) is 17.0. The fourth-order valence-corrected chi connectivity index (χ4v) is 20.0. The van der Waals surface area contributed by atoms with E-state index >= 15 is 0 Å². The van der Waals surface area contributed by atoms with Gasteiger partial charge in [0.1, 0.15) is 0 Å². The molecule has 0 saturated carbocycles. The third-order valence-corrected chi connectivity index (χ3v) is 21.3. The molecule has 7 aromatic rings. The second-order valence-corrected chi connectivity index (χ2v) is 24.6. The number of fused-ring (bicyclic) bond motifs is 8. The van der Waals surface area contributed by atoms with Crippen LogP contribution in [-0.2, 0) is 10.8 Å². The average molecular weight is 696 g/mol. The summed E-state index contributed by atoms with van der Waals surface area (Å²) in [5.74, 6) is 0.125. The zero-order valence-corrected chi connectivity index (χ0v) is 33.4. The first-order chi connectivity index (χ1) is 24.8. The van der Waals surface area contributed by atoms with E-state index < -0.39 is 8.07 Å². The van der Waals surface area contributed by atoms with Crippen LogP contribution in [0.1, 0.15) is 138 Å². The maximum Gasteiger partial charge on any atom is 0.0995 e. The van der Waals surface area contributed by atoms with E-state index in [-0.39, 0.29) is 22.7 Å². The number of aromatic nitrogens is 2. The fraction of sp³-hybridized carbons (Fsp3) is 0.375. The first-order valence-electron chi connectivity index (χ1n) is 19.6. The molecule has 0 radical (unpaired) electrons. The van der Waals surface area contributed by atoms with E-state index in [4.69, 9.17) is 4.98 Å². The predicted octanol–water partition coefficient (Wildman–Crippen LogP) is 11.9. The lowest BCUT2D eigenvalue weighted by molar-refractivity contribution is 0.400. The Balaban J connectivity index is 1.47. The number of hydrogen-bond acceptors (Lipinski definition) is 2. The molecule has 3 aromatic heterocycles. The van der Waals surface area contributed by atoms with Crippen molar-refractivity contribution in [2.24, 2.45) is 0 Å². The van der Waals surface area contributed by atoms with Crippen molar-refractivity contribution in [3.05, 3.63) is 123 Å². The molecule has 0 fully saturated rings. The van der Waals surface area contributed by atoms with Crippen molar-refractivity contribution in [3.63, 3.8) is 0 Å². The topological polar surface area (TPSA) is 41.1 Å². The Bertz CT molecular complexity index is 2660. The summed E-state index contributed by atoms with van der Waals surface area (Å²) < 4.78 is 2.53. The molecule has 3 nitrogen and oxygen atoms in total. The largest absolute Gasteiger partial charge is 0.306 e. The standard InChI is InChI=1S/C48H49N3Si/c1-25(2)52(26(3)4,27(5)6)29-20-34-41-36(51-37-23-50-46-44(42(37)35(21-29)45(34)51)47(7,8)24-48(46,9)10)19-28(22-49)38-39-30-15-11-13-17-32(30)40(43(38)41)33-18-14-12-16-31(33)39/h11-21,23,25-27,39-40H,24H2,1-10H3. The summed E-state index contributed by atoms with van der Waals surface area (Å²) in [7, 11) is -2.08. The Kier molecular flexibility index (Phi) is 6.28. The molecule has 0 atom stereocenters. The van der Waals surface area contributed by atoms with Gasteiger partial charge >= 0.3 is 0 Å². The van der Waals surface area contributed by atoms with Gasteiger partial charge in [0.15, 0.2) is 0 Å². The number of rotatable bonds is 4. The normalized spacial score (nSPS) is 19.7. The molecule has 0 N–H and O–H groups in total. The molecule has 4 heteroatoms. The van der Waals surface area contributed by atoms with Crippen molar-refractivity contribution in [3.8, 4) is 6.07 Å². The number of pyridine rings is 1. The quantitative estimate of drug-likeness (QED) is 0.172. The van der Waals surface area contributed by atoms with E-state index in [1.807, 2.05) is 0 Å². The molecule has 0 saturated heterocycles. The lowest BCUT2D eigenvalue weighted by atomic mass is 9.59. The monoisotopic (exact) mass is 695 g/mol. The zero-order valence-electron chi connectivity index (χ0n) is 32.4. The summed E-state index contributed by atoms with van der Waals surface area (Å²) >= 11 is 0. The molecule has 0 spiro atoms. The highest BCUT2D eigenvalue weighted by molar-refractivity contribution is 6.95. The summed E-state index contributed by atoms with van der Waals surface area (Å²) in [5, 5.41) is 18.1. The van der Waals surface area contributed by atoms with Crippen molar-refractivity contribution < 1.29 is 0 Å². The Morgan fingerprint density at radius 2 is 1.23 bits per heavy atom. The van der Waals surface area contributed by atoms with Crippen LogP contribution in [0.5, 0.6) is 0 Å². The van der Waals surface area contributed by atoms with E-state index in [1.54, 1.807) is 5.19 Å². The minimum atomic E-state index is -2.08. The molecule has 260 valence electrons. The van der Waals surface area contributed by atoms with Gasteiger partial charge in [-0.2, -0.15) is 5.26 Å². The number of nitriles is 1. The van der Waals surface area contributed by atoms with Crippen molar-refractivity contribution in [1.82, 2.24) is 9.38 Å². The molecule has 0 amide bonds. The van der Waals surface area contributed by atoms with Gasteiger partial charge in [-0.25, -0.2) is 0 Å². The van der Waals surface area contributed by atoms with Gasteiger partial charge in [0.25, 0.3) is 0 Å². The molecule has 52 heavy (non-hydrogen) atoms. The van der Waals surface area contributed by atoms with E-state index in [1.165, 1.54) is 77.2 Å². The number of nitrogens with zero attached hydrogens (tertiary/aromatic N) is 3. The fourth-order valence-electron chi connectivity index (χ4n) is 13.2. The van der Waals surface area contributed by atoms with Crippen molar-refractivity contribution in [2.75, 3.05) is 0 Å². The molecule has 2 bridgehead atoms. The van der Waals surface area contributed by atoms with E-state index in [0.29, 0.717) is 16.6 Å². The van der Waals surface area contributed by atoms with Crippen molar-refractivity contribution in [2.45, 2.75) is 115 Å². The minimum Gasteiger partial charge on any atom is -0.306 e. The lowest BCUT2D eigenvalue weighted by Crippen LogP contribution is -2.55.